The van der Waals surface area contributed by atoms with Crippen molar-refractivity contribution in [1.82, 2.24) is 5.32 Å². The van der Waals surface area contributed by atoms with Crippen molar-refractivity contribution in [3.63, 3.8) is 0 Å². The van der Waals surface area contributed by atoms with E-state index >= 15 is 0 Å². The molecule has 0 saturated carbocycles. The second-order valence-corrected chi connectivity index (χ2v) is 6.16. The van der Waals surface area contributed by atoms with Crippen molar-refractivity contribution in [2.75, 3.05) is 6.61 Å². The molecule has 0 unspecified atom stereocenters. The molecule has 120 valence electrons. The molecule has 1 aliphatic rings. The zero-order chi connectivity index (χ0) is 16.2. The number of alkyl carbamates (subject to hydrolysis) is 1. The lowest BCUT2D eigenvalue weighted by atomic mass is 9.98. The van der Waals surface area contributed by atoms with E-state index in [9.17, 15) is 4.79 Å². The highest BCUT2D eigenvalue weighted by Crippen LogP contribution is 2.44. The van der Waals surface area contributed by atoms with Gasteiger partial charge in [0.05, 0.1) is 0 Å². The zero-order valence-electron chi connectivity index (χ0n) is 13.7. The maximum Gasteiger partial charge on any atom is 0.407 e. The van der Waals surface area contributed by atoms with Crippen LogP contribution in [0.4, 0.5) is 4.79 Å². The number of amides is 1. The quantitative estimate of drug-likeness (QED) is 0.868. The van der Waals surface area contributed by atoms with Crippen LogP contribution in [0.2, 0.25) is 0 Å². The molecule has 0 saturated heterocycles. The maximum atomic E-state index is 12.0. The predicted octanol–water partition coefficient (Wildman–Crippen LogP) is 4.71. The highest BCUT2D eigenvalue weighted by molar-refractivity contribution is 5.79. The van der Waals surface area contributed by atoms with E-state index in [0.29, 0.717) is 6.61 Å². The molecule has 0 aliphatic heterocycles. The van der Waals surface area contributed by atoms with Crippen LogP contribution in [0.25, 0.3) is 11.1 Å². The van der Waals surface area contributed by atoms with Crippen molar-refractivity contribution in [2.45, 2.75) is 38.6 Å². The molecule has 1 aliphatic carbocycles. The van der Waals surface area contributed by atoms with Crippen LogP contribution < -0.4 is 5.32 Å². The van der Waals surface area contributed by atoms with Crippen molar-refractivity contribution in [3.05, 3.63) is 59.7 Å². The molecule has 0 aromatic heterocycles. The SMILES string of the molecule is CCC[C@@H](C)NC(=O)OCC1c2ccccc2-c2ccccc21. The van der Waals surface area contributed by atoms with Gasteiger partial charge < -0.3 is 10.1 Å². The number of rotatable bonds is 5. The molecule has 1 amide bonds. The first-order valence-electron chi connectivity index (χ1n) is 8.32. The standard InChI is InChI=1S/C20H23NO2/c1-3-8-14(2)21-20(22)23-13-19-17-11-6-4-9-15(17)16-10-5-7-12-18(16)19/h4-7,9-12,14,19H,3,8,13H2,1-2H3,(H,21,22)/t14-/m1/s1. The van der Waals surface area contributed by atoms with E-state index in [1.807, 2.05) is 19.1 Å². The van der Waals surface area contributed by atoms with Gasteiger partial charge in [-0.2, -0.15) is 0 Å². The topological polar surface area (TPSA) is 38.3 Å². The number of carbonyl (C=O) groups is 1. The van der Waals surface area contributed by atoms with Crippen molar-refractivity contribution in [2.24, 2.45) is 0 Å². The maximum absolute atomic E-state index is 12.0. The van der Waals surface area contributed by atoms with Gasteiger partial charge in [-0.05, 0) is 35.6 Å². The normalized spacial score (nSPS) is 14.0. The van der Waals surface area contributed by atoms with Crippen molar-refractivity contribution >= 4 is 6.09 Å². The number of carbonyl (C=O) groups excluding carboxylic acids is 1. The summed E-state index contributed by atoms with van der Waals surface area (Å²) in [5, 5.41) is 2.89. The van der Waals surface area contributed by atoms with Gasteiger partial charge in [-0.1, -0.05) is 61.9 Å². The minimum Gasteiger partial charge on any atom is -0.449 e. The lowest BCUT2D eigenvalue weighted by Crippen LogP contribution is -2.33. The first kappa shape index (κ1) is 15.6. The smallest absolute Gasteiger partial charge is 0.407 e. The fourth-order valence-electron chi connectivity index (χ4n) is 3.35. The molecular weight excluding hydrogens is 286 g/mol. The van der Waals surface area contributed by atoms with Gasteiger partial charge in [-0.15, -0.1) is 0 Å². The molecular formula is C20H23NO2. The van der Waals surface area contributed by atoms with Gasteiger partial charge in [0.15, 0.2) is 0 Å². The van der Waals surface area contributed by atoms with Crippen LogP contribution in [0.3, 0.4) is 0 Å². The van der Waals surface area contributed by atoms with Crippen LogP contribution in [0.1, 0.15) is 43.7 Å². The molecule has 0 radical (unpaired) electrons. The molecule has 0 heterocycles. The van der Waals surface area contributed by atoms with Gasteiger partial charge in [0.2, 0.25) is 0 Å². The van der Waals surface area contributed by atoms with Gasteiger partial charge in [-0.3, -0.25) is 0 Å². The Balaban J connectivity index is 1.72. The molecule has 1 atom stereocenters. The molecule has 23 heavy (non-hydrogen) atoms. The van der Waals surface area contributed by atoms with Crippen LogP contribution >= 0.6 is 0 Å². The van der Waals surface area contributed by atoms with Gasteiger partial charge in [0.25, 0.3) is 0 Å². The van der Waals surface area contributed by atoms with E-state index in [-0.39, 0.29) is 18.1 Å². The van der Waals surface area contributed by atoms with Crippen LogP contribution in [0.5, 0.6) is 0 Å². The fourth-order valence-corrected chi connectivity index (χ4v) is 3.35. The third-order valence-corrected chi connectivity index (χ3v) is 4.43. The summed E-state index contributed by atoms with van der Waals surface area (Å²) in [6.07, 6.45) is 1.68. The number of fused-ring (bicyclic) bond motifs is 3. The van der Waals surface area contributed by atoms with Crippen LogP contribution in [0.15, 0.2) is 48.5 Å². The van der Waals surface area contributed by atoms with Crippen LogP contribution in [-0.2, 0) is 4.74 Å². The zero-order valence-corrected chi connectivity index (χ0v) is 13.7. The minimum atomic E-state index is -0.326. The molecule has 3 rings (SSSR count). The number of ether oxygens (including phenoxy) is 1. The largest absolute Gasteiger partial charge is 0.449 e. The van der Waals surface area contributed by atoms with Gasteiger partial charge in [-0.25, -0.2) is 4.79 Å². The summed E-state index contributed by atoms with van der Waals surface area (Å²) in [5.74, 6) is 0.120. The Labute approximate surface area is 137 Å². The Morgan fingerprint density at radius 1 is 1.09 bits per heavy atom. The van der Waals surface area contributed by atoms with Crippen LogP contribution in [0, 0.1) is 0 Å². The van der Waals surface area contributed by atoms with Crippen molar-refractivity contribution in [3.8, 4) is 11.1 Å². The molecule has 3 heteroatoms. The number of hydrogen-bond donors (Lipinski definition) is 1. The molecule has 2 aromatic carbocycles. The van der Waals surface area contributed by atoms with Gasteiger partial charge in [0, 0.05) is 12.0 Å². The first-order chi connectivity index (χ1) is 11.2. The average molecular weight is 309 g/mol. The summed E-state index contributed by atoms with van der Waals surface area (Å²) in [6.45, 7) is 4.49. The summed E-state index contributed by atoms with van der Waals surface area (Å²) in [6, 6.07) is 16.9. The van der Waals surface area contributed by atoms with Gasteiger partial charge in [0.1, 0.15) is 6.61 Å². The third kappa shape index (κ3) is 3.24. The lowest BCUT2D eigenvalue weighted by Gasteiger charge is -2.16. The fraction of sp³-hybridized carbons (Fsp3) is 0.350. The average Bonchev–Trinajstić information content (AvgIpc) is 2.87. The van der Waals surface area contributed by atoms with E-state index in [0.717, 1.165) is 12.8 Å². The first-order valence-corrected chi connectivity index (χ1v) is 8.32. The summed E-state index contributed by atoms with van der Waals surface area (Å²) in [4.78, 5) is 12.0. The second-order valence-electron chi connectivity index (χ2n) is 6.16. The molecule has 0 spiro atoms. The minimum absolute atomic E-state index is 0.120. The Morgan fingerprint density at radius 2 is 1.65 bits per heavy atom. The Hall–Kier alpha value is -2.29. The summed E-state index contributed by atoms with van der Waals surface area (Å²) < 4.78 is 5.51. The summed E-state index contributed by atoms with van der Waals surface area (Å²) in [7, 11) is 0. The second kappa shape index (κ2) is 6.86. The van der Waals surface area contributed by atoms with E-state index in [1.54, 1.807) is 0 Å². The van der Waals surface area contributed by atoms with E-state index < -0.39 is 0 Å². The molecule has 3 nitrogen and oxygen atoms in total. The number of nitrogens with one attached hydrogen (secondary N) is 1. The molecule has 0 bridgehead atoms. The predicted molar refractivity (Wildman–Crippen MR) is 92.6 cm³/mol. The van der Waals surface area contributed by atoms with Crippen LogP contribution in [-0.4, -0.2) is 18.7 Å². The Bertz CT molecular complexity index is 650. The molecule has 1 N–H and O–H groups in total. The highest BCUT2D eigenvalue weighted by atomic mass is 16.5. The molecule has 2 aromatic rings. The van der Waals surface area contributed by atoms with E-state index in [4.69, 9.17) is 4.74 Å². The Morgan fingerprint density at radius 3 is 2.22 bits per heavy atom. The summed E-state index contributed by atoms with van der Waals surface area (Å²) >= 11 is 0. The summed E-state index contributed by atoms with van der Waals surface area (Å²) in [5.41, 5.74) is 4.97. The van der Waals surface area contributed by atoms with E-state index in [1.165, 1.54) is 22.3 Å². The lowest BCUT2D eigenvalue weighted by molar-refractivity contribution is 0.139. The third-order valence-electron chi connectivity index (χ3n) is 4.43. The number of benzene rings is 2. The van der Waals surface area contributed by atoms with Crippen molar-refractivity contribution in [1.29, 1.82) is 0 Å². The van der Waals surface area contributed by atoms with Crippen molar-refractivity contribution < 1.29 is 9.53 Å². The van der Waals surface area contributed by atoms with Gasteiger partial charge >= 0.3 is 6.09 Å². The van der Waals surface area contributed by atoms with E-state index in [2.05, 4.69) is 48.6 Å². The number of hydrogen-bond acceptors (Lipinski definition) is 2. The Kier molecular flexibility index (Phi) is 4.65. The monoisotopic (exact) mass is 309 g/mol. The highest BCUT2D eigenvalue weighted by Gasteiger charge is 2.29. The molecule has 0 fully saturated rings.